The smallest absolute Gasteiger partial charge is 0.266 e. The molecule has 0 fully saturated rings. The average Bonchev–Trinajstić information content (AvgIpc) is 2.79. The van der Waals surface area contributed by atoms with Crippen LogP contribution in [0.3, 0.4) is 0 Å². The summed E-state index contributed by atoms with van der Waals surface area (Å²) < 4.78 is 11.3. The van der Waals surface area contributed by atoms with Crippen molar-refractivity contribution < 1.29 is 14.3 Å². The molecule has 3 aromatic rings. The summed E-state index contributed by atoms with van der Waals surface area (Å²) in [6.45, 7) is 4.02. The molecule has 0 aromatic heterocycles. The van der Waals surface area contributed by atoms with E-state index in [-0.39, 0.29) is 17.2 Å². The van der Waals surface area contributed by atoms with Crippen LogP contribution in [0.25, 0.3) is 6.08 Å². The first-order valence-corrected chi connectivity index (χ1v) is 10.8. The zero-order chi connectivity index (χ0) is 24.0. The number of carbonyl (C=O) groups is 1. The fourth-order valence-corrected chi connectivity index (χ4v) is 3.57. The molecule has 0 bridgehead atoms. The van der Waals surface area contributed by atoms with Crippen LogP contribution in [-0.2, 0) is 11.4 Å². The van der Waals surface area contributed by atoms with Crippen LogP contribution in [0.4, 0.5) is 5.69 Å². The van der Waals surface area contributed by atoms with Crippen LogP contribution in [0.15, 0.2) is 60.2 Å². The zero-order valence-electron chi connectivity index (χ0n) is 18.4. The van der Waals surface area contributed by atoms with Gasteiger partial charge < -0.3 is 14.8 Å². The van der Waals surface area contributed by atoms with Crippen LogP contribution in [0, 0.1) is 25.2 Å². The van der Waals surface area contributed by atoms with Crippen molar-refractivity contribution in [1.29, 1.82) is 5.26 Å². The highest BCUT2D eigenvalue weighted by Gasteiger charge is 2.15. The van der Waals surface area contributed by atoms with Crippen LogP contribution in [0.2, 0.25) is 10.0 Å². The zero-order valence-corrected chi connectivity index (χ0v) is 19.9. The van der Waals surface area contributed by atoms with Gasteiger partial charge in [0.25, 0.3) is 5.91 Å². The van der Waals surface area contributed by atoms with Gasteiger partial charge in [0, 0.05) is 16.3 Å². The Labute approximate surface area is 203 Å². The molecule has 5 nitrogen and oxygen atoms in total. The molecule has 0 aliphatic heterocycles. The Balaban J connectivity index is 1.85. The van der Waals surface area contributed by atoms with Gasteiger partial charge >= 0.3 is 0 Å². The maximum atomic E-state index is 12.7. The van der Waals surface area contributed by atoms with Crippen LogP contribution in [-0.4, -0.2) is 13.0 Å². The molecule has 0 heterocycles. The molecule has 7 heteroatoms. The highest BCUT2D eigenvalue weighted by molar-refractivity contribution is 6.32. The van der Waals surface area contributed by atoms with Gasteiger partial charge in [0.1, 0.15) is 18.2 Å². The normalized spacial score (nSPS) is 11.0. The Morgan fingerprint density at radius 3 is 2.55 bits per heavy atom. The van der Waals surface area contributed by atoms with Crippen molar-refractivity contribution in [2.24, 2.45) is 0 Å². The summed E-state index contributed by atoms with van der Waals surface area (Å²) in [7, 11) is 1.49. The third-order valence-electron chi connectivity index (χ3n) is 4.90. The number of amides is 1. The molecule has 33 heavy (non-hydrogen) atoms. The molecule has 1 amide bonds. The fourth-order valence-electron chi connectivity index (χ4n) is 3.10. The third kappa shape index (κ3) is 6.07. The number of carbonyl (C=O) groups excluding carboxylic acids is 1. The molecular formula is C26H22Cl2N2O3. The Kier molecular flexibility index (Phi) is 8.00. The molecule has 0 saturated heterocycles. The standard InChI is InChI=1S/C26H22Cl2N2O3/c1-16-8-9-17(2)23(10-16)30-26(31)20(14-29)11-18-12-22(28)25(24(13-18)32-3)33-15-19-6-4-5-7-21(19)27/h4-13H,15H2,1-3H3,(H,30,31)/b20-11+. The topological polar surface area (TPSA) is 71.3 Å². The monoisotopic (exact) mass is 480 g/mol. The van der Waals surface area contributed by atoms with Crippen molar-refractivity contribution in [3.63, 3.8) is 0 Å². The lowest BCUT2D eigenvalue weighted by Crippen LogP contribution is -2.14. The minimum absolute atomic E-state index is 0.0706. The number of nitrogens with zero attached hydrogens (tertiary/aromatic N) is 1. The highest BCUT2D eigenvalue weighted by atomic mass is 35.5. The van der Waals surface area contributed by atoms with E-state index in [2.05, 4.69) is 5.32 Å². The van der Waals surface area contributed by atoms with Crippen LogP contribution < -0.4 is 14.8 Å². The summed E-state index contributed by atoms with van der Waals surface area (Å²) in [5.74, 6) is 0.197. The van der Waals surface area contributed by atoms with E-state index in [0.29, 0.717) is 27.8 Å². The Hall–Kier alpha value is -3.46. The molecule has 0 aliphatic rings. The van der Waals surface area contributed by atoms with Crippen LogP contribution in [0.1, 0.15) is 22.3 Å². The molecule has 0 atom stereocenters. The number of methoxy groups -OCH3 is 1. The molecule has 0 unspecified atom stereocenters. The Bertz CT molecular complexity index is 1260. The first-order chi connectivity index (χ1) is 15.8. The Morgan fingerprint density at radius 2 is 1.85 bits per heavy atom. The van der Waals surface area contributed by atoms with E-state index in [0.717, 1.165) is 16.7 Å². The molecule has 0 spiro atoms. The van der Waals surface area contributed by atoms with Crippen molar-refractivity contribution in [2.45, 2.75) is 20.5 Å². The predicted octanol–water partition coefficient (Wildman–Crippen LogP) is 6.74. The fraction of sp³-hybridized carbons (Fsp3) is 0.154. The lowest BCUT2D eigenvalue weighted by Gasteiger charge is -2.14. The minimum Gasteiger partial charge on any atom is -0.493 e. The molecule has 3 rings (SSSR count). The first-order valence-electron chi connectivity index (χ1n) is 10.1. The molecule has 3 aromatic carbocycles. The largest absolute Gasteiger partial charge is 0.493 e. The van der Waals surface area contributed by atoms with Gasteiger partial charge in [-0.25, -0.2) is 0 Å². The quantitative estimate of drug-likeness (QED) is 0.300. The summed E-state index contributed by atoms with van der Waals surface area (Å²) >= 11 is 12.6. The van der Waals surface area contributed by atoms with Gasteiger partial charge in [0.2, 0.25) is 0 Å². The SMILES string of the molecule is COc1cc(/C=C(\C#N)C(=O)Nc2cc(C)ccc2C)cc(Cl)c1OCc1ccccc1Cl. The van der Waals surface area contributed by atoms with Gasteiger partial charge in [0.05, 0.1) is 12.1 Å². The number of halogens is 2. The van der Waals surface area contributed by atoms with Gasteiger partial charge in [-0.05, 0) is 60.9 Å². The summed E-state index contributed by atoms with van der Waals surface area (Å²) in [6, 6.07) is 18.3. The van der Waals surface area contributed by atoms with E-state index < -0.39 is 5.91 Å². The number of hydrogen-bond donors (Lipinski definition) is 1. The summed E-state index contributed by atoms with van der Waals surface area (Å²) in [4.78, 5) is 12.7. The second-order valence-electron chi connectivity index (χ2n) is 7.36. The minimum atomic E-state index is -0.514. The third-order valence-corrected chi connectivity index (χ3v) is 5.55. The average molecular weight is 481 g/mol. The molecular weight excluding hydrogens is 459 g/mol. The van der Waals surface area contributed by atoms with E-state index >= 15 is 0 Å². The second-order valence-corrected chi connectivity index (χ2v) is 8.17. The lowest BCUT2D eigenvalue weighted by molar-refractivity contribution is -0.112. The van der Waals surface area contributed by atoms with Crippen molar-refractivity contribution in [3.8, 4) is 17.6 Å². The number of ether oxygens (including phenoxy) is 2. The number of anilines is 1. The van der Waals surface area contributed by atoms with Crippen LogP contribution >= 0.6 is 23.2 Å². The highest BCUT2D eigenvalue weighted by Crippen LogP contribution is 2.38. The second kappa shape index (κ2) is 10.9. The first kappa shape index (κ1) is 24.2. The van der Waals surface area contributed by atoms with E-state index in [1.54, 1.807) is 18.2 Å². The van der Waals surface area contributed by atoms with E-state index in [1.165, 1.54) is 13.2 Å². The number of nitriles is 1. The summed E-state index contributed by atoms with van der Waals surface area (Å²) in [5, 5.41) is 13.2. The summed E-state index contributed by atoms with van der Waals surface area (Å²) in [5.41, 5.74) is 3.81. The van der Waals surface area contributed by atoms with Gasteiger partial charge in [-0.15, -0.1) is 0 Å². The molecule has 1 N–H and O–H groups in total. The maximum Gasteiger partial charge on any atom is 0.266 e. The van der Waals surface area contributed by atoms with E-state index in [4.69, 9.17) is 32.7 Å². The summed E-state index contributed by atoms with van der Waals surface area (Å²) in [6.07, 6.45) is 1.45. The van der Waals surface area contributed by atoms with Gasteiger partial charge in [0.15, 0.2) is 11.5 Å². The number of benzene rings is 3. The van der Waals surface area contributed by atoms with E-state index in [1.807, 2.05) is 56.3 Å². The van der Waals surface area contributed by atoms with Crippen LogP contribution in [0.5, 0.6) is 11.5 Å². The van der Waals surface area contributed by atoms with Crippen molar-refractivity contribution >= 4 is 40.9 Å². The predicted molar refractivity (Wildman–Crippen MR) is 132 cm³/mol. The lowest BCUT2D eigenvalue weighted by atomic mass is 10.1. The number of rotatable bonds is 7. The number of nitrogens with one attached hydrogen (secondary N) is 1. The molecule has 0 aliphatic carbocycles. The van der Waals surface area contributed by atoms with E-state index in [9.17, 15) is 10.1 Å². The van der Waals surface area contributed by atoms with Gasteiger partial charge in [-0.1, -0.05) is 53.5 Å². The van der Waals surface area contributed by atoms with Gasteiger partial charge in [-0.3, -0.25) is 4.79 Å². The molecule has 168 valence electrons. The Morgan fingerprint density at radius 1 is 1.09 bits per heavy atom. The number of aryl methyl sites for hydroxylation is 2. The van der Waals surface area contributed by atoms with Crippen molar-refractivity contribution in [1.82, 2.24) is 0 Å². The molecule has 0 saturated carbocycles. The van der Waals surface area contributed by atoms with Crippen molar-refractivity contribution in [3.05, 3.63) is 92.5 Å². The maximum absolute atomic E-state index is 12.7. The van der Waals surface area contributed by atoms with Gasteiger partial charge in [-0.2, -0.15) is 5.26 Å². The number of hydrogen-bond acceptors (Lipinski definition) is 4. The molecule has 0 radical (unpaired) electrons. The van der Waals surface area contributed by atoms with Crippen molar-refractivity contribution in [2.75, 3.05) is 12.4 Å².